The van der Waals surface area contributed by atoms with Gasteiger partial charge >= 0.3 is 0 Å². The molecule has 0 bridgehead atoms. The molecule has 0 fully saturated rings. The van der Waals surface area contributed by atoms with Crippen LogP contribution in [0.2, 0.25) is 0 Å². The van der Waals surface area contributed by atoms with Crippen LogP contribution in [0.25, 0.3) is 0 Å². The van der Waals surface area contributed by atoms with Crippen LogP contribution >= 0.6 is 15.9 Å². The first-order valence-electron chi connectivity index (χ1n) is 5.96. The molecule has 7 heteroatoms. The van der Waals surface area contributed by atoms with Gasteiger partial charge < -0.3 is 0 Å². The maximum atomic E-state index is 12.3. The minimum atomic E-state index is -3.64. The van der Waals surface area contributed by atoms with Crippen molar-refractivity contribution in [1.29, 1.82) is 0 Å². The van der Waals surface area contributed by atoms with Gasteiger partial charge in [0.1, 0.15) is 0 Å². The summed E-state index contributed by atoms with van der Waals surface area (Å²) in [7, 11) is -3.64. The Morgan fingerprint density at radius 1 is 1.26 bits per heavy atom. The highest BCUT2D eigenvalue weighted by Gasteiger charge is 2.18. The first kappa shape index (κ1) is 14.2. The van der Waals surface area contributed by atoms with E-state index in [2.05, 4.69) is 33.2 Å². The molecular weight excluding hydrogens is 330 g/mol. The van der Waals surface area contributed by atoms with Gasteiger partial charge in [0.05, 0.1) is 16.8 Å². The van der Waals surface area contributed by atoms with E-state index < -0.39 is 10.0 Å². The highest BCUT2D eigenvalue weighted by molar-refractivity contribution is 9.10. The van der Waals surface area contributed by atoms with Crippen molar-refractivity contribution >= 4 is 26.0 Å². The lowest BCUT2D eigenvalue weighted by Gasteiger charge is -2.02. The number of hydrogen-bond donors (Lipinski definition) is 0. The van der Waals surface area contributed by atoms with Crippen molar-refractivity contribution in [3.05, 3.63) is 40.6 Å². The number of benzene rings is 1. The molecule has 0 aliphatic carbocycles. The molecule has 0 radical (unpaired) electrons. The zero-order valence-electron chi connectivity index (χ0n) is 10.5. The van der Waals surface area contributed by atoms with Crippen LogP contribution in [0, 0.1) is 0 Å². The highest BCUT2D eigenvalue weighted by Crippen LogP contribution is 2.17. The Morgan fingerprint density at radius 2 is 1.95 bits per heavy atom. The van der Waals surface area contributed by atoms with Crippen molar-refractivity contribution in [3.8, 4) is 0 Å². The van der Waals surface area contributed by atoms with Crippen LogP contribution in [0.3, 0.4) is 0 Å². The largest absolute Gasteiger partial charge is 0.284 e. The average molecular weight is 344 g/mol. The second-order valence-electron chi connectivity index (χ2n) is 4.14. The summed E-state index contributed by atoms with van der Waals surface area (Å²) in [6.07, 6.45) is 4.22. The zero-order valence-corrected chi connectivity index (χ0v) is 12.9. The molecule has 1 aromatic heterocycles. The van der Waals surface area contributed by atoms with Crippen molar-refractivity contribution in [2.75, 3.05) is 0 Å². The monoisotopic (exact) mass is 343 g/mol. The molecule has 102 valence electrons. The third-order valence-electron chi connectivity index (χ3n) is 2.67. The first-order chi connectivity index (χ1) is 9.04. The lowest BCUT2D eigenvalue weighted by atomic mass is 10.2. The molecule has 0 amide bonds. The summed E-state index contributed by atoms with van der Waals surface area (Å²) in [6, 6.07) is 6.43. The summed E-state index contributed by atoms with van der Waals surface area (Å²) < 4.78 is 26.3. The van der Waals surface area contributed by atoms with Gasteiger partial charge in [-0.1, -0.05) is 34.5 Å². The van der Waals surface area contributed by atoms with Crippen LogP contribution in [0.1, 0.15) is 25.5 Å². The van der Waals surface area contributed by atoms with E-state index in [0.717, 1.165) is 27.8 Å². The molecule has 2 rings (SSSR count). The molecule has 0 saturated heterocycles. The predicted molar refractivity (Wildman–Crippen MR) is 75.4 cm³/mol. The van der Waals surface area contributed by atoms with E-state index in [0.29, 0.717) is 5.69 Å². The predicted octanol–water partition coefficient (Wildman–Crippen LogP) is 2.62. The second-order valence-corrected chi connectivity index (χ2v) is 6.86. The van der Waals surface area contributed by atoms with Gasteiger partial charge in [-0.2, -0.15) is 8.42 Å². The Hall–Kier alpha value is -1.21. The number of aryl methyl sites for hydroxylation is 1. The van der Waals surface area contributed by atoms with Crippen LogP contribution in [0.5, 0.6) is 0 Å². The molecule has 19 heavy (non-hydrogen) atoms. The Labute approximate surface area is 120 Å². The molecule has 1 heterocycles. The topological polar surface area (TPSA) is 64.8 Å². The Bertz CT molecular complexity index is 650. The maximum absolute atomic E-state index is 12.3. The third-order valence-corrected chi connectivity index (χ3v) is 4.73. The fraction of sp³-hybridized carbons (Fsp3) is 0.333. The molecule has 0 N–H and O–H groups in total. The summed E-state index contributed by atoms with van der Waals surface area (Å²) >= 11 is 3.27. The minimum absolute atomic E-state index is 0.197. The molecule has 2 aromatic rings. The van der Waals surface area contributed by atoms with E-state index >= 15 is 0 Å². The van der Waals surface area contributed by atoms with Gasteiger partial charge in [-0.05, 0) is 37.1 Å². The van der Waals surface area contributed by atoms with Crippen LogP contribution in [-0.2, 0) is 16.4 Å². The minimum Gasteiger partial charge on any atom is -0.199 e. The molecule has 0 saturated carbocycles. The fourth-order valence-corrected chi connectivity index (χ4v) is 2.94. The quantitative estimate of drug-likeness (QED) is 0.836. The van der Waals surface area contributed by atoms with Crippen molar-refractivity contribution in [1.82, 2.24) is 14.4 Å². The van der Waals surface area contributed by atoms with Gasteiger partial charge in [0.15, 0.2) is 0 Å². The second kappa shape index (κ2) is 5.83. The van der Waals surface area contributed by atoms with E-state index in [1.165, 1.54) is 18.3 Å². The van der Waals surface area contributed by atoms with Crippen LogP contribution in [0.15, 0.2) is 39.8 Å². The van der Waals surface area contributed by atoms with Crippen LogP contribution < -0.4 is 0 Å². The summed E-state index contributed by atoms with van der Waals surface area (Å²) in [5.74, 6) is 0. The molecule has 1 aromatic carbocycles. The lowest BCUT2D eigenvalue weighted by Crippen LogP contribution is -2.13. The maximum Gasteiger partial charge on any atom is 0.284 e. The third kappa shape index (κ3) is 3.22. The molecule has 0 spiro atoms. The van der Waals surface area contributed by atoms with E-state index in [4.69, 9.17) is 0 Å². The number of unbranched alkanes of at least 4 members (excludes halogenated alkanes) is 1. The van der Waals surface area contributed by atoms with Gasteiger partial charge in [0, 0.05) is 4.47 Å². The Kier molecular flexibility index (Phi) is 4.36. The van der Waals surface area contributed by atoms with Crippen LogP contribution in [0.4, 0.5) is 0 Å². The van der Waals surface area contributed by atoms with E-state index in [9.17, 15) is 8.42 Å². The SMILES string of the molecule is CCCCc1cn(S(=O)(=O)c2ccc(Br)cc2)nn1. The molecular formula is C12H14BrN3O2S. The first-order valence-corrected chi connectivity index (χ1v) is 8.19. The fourth-order valence-electron chi connectivity index (χ4n) is 1.59. The Balaban J connectivity index is 2.29. The normalized spacial score (nSPS) is 11.7. The van der Waals surface area contributed by atoms with Gasteiger partial charge in [0.2, 0.25) is 0 Å². The van der Waals surface area contributed by atoms with E-state index in [-0.39, 0.29) is 4.90 Å². The summed E-state index contributed by atoms with van der Waals surface area (Å²) in [6.45, 7) is 2.07. The summed E-state index contributed by atoms with van der Waals surface area (Å²) in [5.41, 5.74) is 0.697. The summed E-state index contributed by atoms with van der Waals surface area (Å²) in [4.78, 5) is 0.197. The van der Waals surface area contributed by atoms with Crippen molar-refractivity contribution < 1.29 is 8.42 Å². The number of aromatic nitrogens is 3. The van der Waals surface area contributed by atoms with Gasteiger partial charge in [-0.25, -0.2) is 0 Å². The van der Waals surface area contributed by atoms with E-state index in [1.54, 1.807) is 12.1 Å². The van der Waals surface area contributed by atoms with Crippen molar-refractivity contribution in [3.63, 3.8) is 0 Å². The number of nitrogens with zero attached hydrogens (tertiary/aromatic N) is 3. The number of halogens is 1. The Morgan fingerprint density at radius 3 is 2.58 bits per heavy atom. The summed E-state index contributed by atoms with van der Waals surface area (Å²) in [5, 5.41) is 7.59. The van der Waals surface area contributed by atoms with Crippen molar-refractivity contribution in [2.24, 2.45) is 0 Å². The molecule has 5 nitrogen and oxygen atoms in total. The highest BCUT2D eigenvalue weighted by atomic mass is 79.9. The number of rotatable bonds is 5. The molecule has 0 aliphatic heterocycles. The van der Waals surface area contributed by atoms with Crippen molar-refractivity contribution in [2.45, 2.75) is 31.1 Å². The smallest absolute Gasteiger partial charge is 0.199 e. The standard InChI is InChI=1S/C12H14BrN3O2S/c1-2-3-4-11-9-16(15-14-11)19(17,18)12-7-5-10(13)6-8-12/h5-9H,2-4H2,1H3. The van der Waals surface area contributed by atoms with E-state index in [1.807, 2.05) is 0 Å². The van der Waals surface area contributed by atoms with Gasteiger partial charge in [-0.15, -0.1) is 9.19 Å². The zero-order chi connectivity index (χ0) is 13.9. The average Bonchev–Trinajstić information content (AvgIpc) is 2.86. The molecule has 0 atom stereocenters. The molecule has 0 unspecified atom stereocenters. The van der Waals surface area contributed by atoms with Gasteiger partial charge in [-0.3, -0.25) is 0 Å². The van der Waals surface area contributed by atoms with Crippen LogP contribution in [-0.4, -0.2) is 22.8 Å². The molecule has 0 aliphatic rings. The van der Waals surface area contributed by atoms with Gasteiger partial charge in [0.25, 0.3) is 10.0 Å². The number of hydrogen-bond acceptors (Lipinski definition) is 4. The lowest BCUT2D eigenvalue weighted by molar-refractivity contribution is 0.577.